The minimum absolute atomic E-state index is 0.389. The molecule has 18 heavy (non-hydrogen) atoms. The summed E-state index contributed by atoms with van der Waals surface area (Å²) in [6.45, 7) is 1.65. The van der Waals surface area contributed by atoms with E-state index in [1.165, 1.54) is 7.11 Å². The van der Waals surface area contributed by atoms with Gasteiger partial charge >= 0.3 is 5.97 Å². The largest absolute Gasteiger partial charge is 0.468 e. The topological polar surface area (TPSA) is 68.1 Å². The lowest BCUT2D eigenvalue weighted by atomic mass is 9.94. The summed E-state index contributed by atoms with van der Waals surface area (Å²) in [5.41, 5.74) is 6.84. The van der Waals surface area contributed by atoms with Crippen LogP contribution in [0.3, 0.4) is 0 Å². The molecule has 96 valence electrons. The average molecular weight is 267 g/mol. The average Bonchev–Trinajstić information content (AvgIpc) is 2.70. The summed E-state index contributed by atoms with van der Waals surface area (Å²) in [4.78, 5) is 14.7. The van der Waals surface area contributed by atoms with E-state index in [4.69, 9.17) is 22.1 Å². The third-order valence-electron chi connectivity index (χ3n) is 2.94. The Morgan fingerprint density at radius 2 is 2.28 bits per heavy atom. The Morgan fingerprint density at radius 1 is 1.56 bits per heavy atom. The number of halogens is 1. The number of benzene rings is 1. The molecule has 0 aliphatic rings. The third-order valence-corrected chi connectivity index (χ3v) is 3.17. The number of H-pyrrole nitrogens is 1. The smallest absolute Gasteiger partial charge is 0.325 e. The molecule has 0 fully saturated rings. The summed E-state index contributed by atoms with van der Waals surface area (Å²) in [5, 5.41) is 1.63. The molecule has 1 atom stereocenters. The van der Waals surface area contributed by atoms with Gasteiger partial charge < -0.3 is 15.5 Å². The maximum absolute atomic E-state index is 11.6. The van der Waals surface area contributed by atoms with E-state index in [1.54, 1.807) is 6.92 Å². The van der Waals surface area contributed by atoms with E-state index in [0.717, 1.165) is 16.5 Å². The summed E-state index contributed by atoms with van der Waals surface area (Å²) in [7, 11) is 1.33. The number of fused-ring (bicyclic) bond motifs is 1. The number of aromatic amines is 1. The van der Waals surface area contributed by atoms with Crippen molar-refractivity contribution in [2.24, 2.45) is 5.73 Å². The summed E-state index contributed by atoms with van der Waals surface area (Å²) in [5.74, 6) is -0.432. The van der Waals surface area contributed by atoms with Crippen LogP contribution in [0.2, 0.25) is 5.02 Å². The van der Waals surface area contributed by atoms with Crippen molar-refractivity contribution in [1.29, 1.82) is 0 Å². The molecular weight excluding hydrogens is 252 g/mol. The van der Waals surface area contributed by atoms with Crippen LogP contribution >= 0.6 is 11.6 Å². The Morgan fingerprint density at radius 3 is 2.94 bits per heavy atom. The van der Waals surface area contributed by atoms with Crippen molar-refractivity contribution in [3.8, 4) is 0 Å². The van der Waals surface area contributed by atoms with Gasteiger partial charge in [-0.15, -0.1) is 0 Å². The van der Waals surface area contributed by atoms with E-state index in [9.17, 15) is 4.79 Å². The molecule has 1 aromatic heterocycles. The molecule has 5 heteroatoms. The number of rotatable bonds is 3. The molecule has 0 saturated heterocycles. The highest BCUT2D eigenvalue weighted by Gasteiger charge is 2.30. The maximum Gasteiger partial charge on any atom is 0.325 e. The van der Waals surface area contributed by atoms with E-state index in [0.29, 0.717) is 11.4 Å². The molecule has 1 unspecified atom stereocenters. The lowest BCUT2D eigenvalue weighted by Crippen LogP contribution is -2.47. The van der Waals surface area contributed by atoms with Crippen molar-refractivity contribution in [3.63, 3.8) is 0 Å². The van der Waals surface area contributed by atoms with E-state index in [-0.39, 0.29) is 0 Å². The standard InChI is InChI=1S/C13H15ClN2O2/c1-13(15,12(17)18-2)6-8-7-16-11-4-3-9(14)5-10(8)11/h3-5,7,16H,6,15H2,1-2H3. The molecule has 0 spiro atoms. The highest BCUT2D eigenvalue weighted by atomic mass is 35.5. The second-order valence-corrected chi connectivity index (χ2v) is 5.03. The van der Waals surface area contributed by atoms with Gasteiger partial charge in [0.25, 0.3) is 0 Å². The van der Waals surface area contributed by atoms with Crippen molar-refractivity contribution in [3.05, 3.63) is 35.0 Å². The van der Waals surface area contributed by atoms with Crippen LogP contribution in [0.15, 0.2) is 24.4 Å². The fraction of sp³-hybridized carbons (Fsp3) is 0.308. The fourth-order valence-corrected chi connectivity index (χ4v) is 2.17. The predicted molar refractivity (Wildman–Crippen MR) is 71.6 cm³/mol. The van der Waals surface area contributed by atoms with Crippen LogP contribution in [0.1, 0.15) is 12.5 Å². The van der Waals surface area contributed by atoms with E-state index >= 15 is 0 Å². The van der Waals surface area contributed by atoms with Gasteiger partial charge in [0, 0.05) is 28.5 Å². The minimum atomic E-state index is -1.05. The molecule has 0 saturated carbocycles. The van der Waals surface area contributed by atoms with Crippen molar-refractivity contribution in [1.82, 2.24) is 4.98 Å². The first-order valence-corrected chi connectivity index (χ1v) is 5.94. The van der Waals surface area contributed by atoms with E-state index in [2.05, 4.69) is 4.98 Å². The van der Waals surface area contributed by atoms with Crippen molar-refractivity contribution >= 4 is 28.5 Å². The molecule has 1 heterocycles. The van der Waals surface area contributed by atoms with Gasteiger partial charge in [-0.05, 0) is 30.7 Å². The van der Waals surface area contributed by atoms with Crippen molar-refractivity contribution in [2.75, 3.05) is 7.11 Å². The number of carbonyl (C=O) groups is 1. The molecule has 1 aromatic carbocycles. The van der Waals surface area contributed by atoms with Crippen LogP contribution in [0, 0.1) is 0 Å². The predicted octanol–water partition coefficient (Wildman–Crippen LogP) is 2.25. The van der Waals surface area contributed by atoms with Gasteiger partial charge in [0.05, 0.1) is 7.11 Å². The number of esters is 1. The van der Waals surface area contributed by atoms with Gasteiger partial charge in [0.2, 0.25) is 0 Å². The van der Waals surface area contributed by atoms with E-state index in [1.807, 2.05) is 24.4 Å². The van der Waals surface area contributed by atoms with Crippen LogP contribution in [0.25, 0.3) is 10.9 Å². The monoisotopic (exact) mass is 266 g/mol. The van der Waals surface area contributed by atoms with Crippen LogP contribution in [-0.2, 0) is 16.0 Å². The summed E-state index contributed by atoms with van der Waals surface area (Å²) >= 11 is 5.97. The molecule has 0 aliphatic carbocycles. The summed E-state index contributed by atoms with van der Waals surface area (Å²) in [6.07, 6.45) is 2.23. The maximum atomic E-state index is 11.6. The van der Waals surface area contributed by atoms with E-state index < -0.39 is 11.5 Å². The molecule has 2 aromatic rings. The molecule has 2 rings (SSSR count). The fourth-order valence-electron chi connectivity index (χ4n) is 2.00. The number of nitrogens with one attached hydrogen (secondary N) is 1. The number of hydrogen-bond acceptors (Lipinski definition) is 3. The number of carbonyl (C=O) groups excluding carboxylic acids is 1. The Labute approximate surface area is 110 Å². The molecule has 0 amide bonds. The number of aromatic nitrogens is 1. The van der Waals surface area contributed by atoms with Crippen molar-refractivity contribution < 1.29 is 9.53 Å². The normalized spacial score (nSPS) is 14.4. The zero-order chi connectivity index (χ0) is 13.3. The zero-order valence-electron chi connectivity index (χ0n) is 10.3. The first kappa shape index (κ1) is 12.9. The molecule has 4 nitrogen and oxygen atoms in total. The van der Waals surface area contributed by atoms with Crippen LogP contribution in [0.5, 0.6) is 0 Å². The molecule has 0 bridgehead atoms. The number of ether oxygens (including phenoxy) is 1. The Hall–Kier alpha value is -1.52. The van der Waals surface area contributed by atoms with Crippen LogP contribution in [-0.4, -0.2) is 23.6 Å². The van der Waals surface area contributed by atoms with Crippen LogP contribution < -0.4 is 5.73 Å². The number of methoxy groups -OCH3 is 1. The zero-order valence-corrected chi connectivity index (χ0v) is 11.0. The lowest BCUT2D eigenvalue weighted by Gasteiger charge is -2.20. The van der Waals surface area contributed by atoms with Gasteiger partial charge in [-0.1, -0.05) is 11.6 Å². The molecule has 0 aliphatic heterocycles. The van der Waals surface area contributed by atoms with Gasteiger partial charge in [-0.25, -0.2) is 0 Å². The SMILES string of the molecule is COC(=O)C(C)(N)Cc1c[nH]c2ccc(Cl)cc12. The first-order valence-electron chi connectivity index (χ1n) is 5.57. The molecule has 3 N–H and O–H groups in total. The first-order chi connectivity index (χ1) is 8.44. The second kappa shape index (κ2) is 4.63. The van der Waals surface area contributed by atoms with Gasteiger partial charge in [0.15, 0.2) is 0 Å². The minimum Gasteiger partial charge on any atom is -0.468 e. The Kier molecular flexibility index (Phi) is 3.32. The van der Waals surface area contributed by atoms with Gasteiger partial charge in [-0.2, -0.15) is 0 Å². The highest BCUT2D eigenvalue weighted by Crippen LogP contribution is 2.25. The molecular formula is C13H15ClN2O2. The number of nitrogens with two attached hydrogens (primary N) is 1. The van der Waals surface area contributed by atoms with Gasteiger partial charge in [-0.3, -0.25) is 4.79 Å². The third kappa shape index (κ3) is 2.35. The second-order valence-electron chi connectivity index (χ2n) is 4.59. The summed E-state index contributed by atoms with van der Waals surface area (Å²) < 4.78 is 4.70. The quantitative estimate of drug-likeness (QED) is 0.838. The highest BCUT2D eigenvalue weighted by molar-refractivity contribution is 6.31. The van der Waals surface area contributed by atoms with Gasteiger partial charge in [0.1, 0.15) is 5.54 Å². The lowest BCUT2D eigenvalue weighted by molar-refractivity contribution is -0.146. The Balaban J connectivity index is 2.37. The summed E-state index contributed by atoms with van der Waals surface area (Å²) in [6, 6.07) is 5.56. The van der Waals surface area contributed by atoms with Crippen molar-refractivity contribution in [2.45, 2.75) is 18.9 Å². The Bertz CT molecular complexity index is 590. The van der Waals surface area contributed by atoms with Crippen LogP contribution in [0.4, 0.5) is 0 Å². The molecule has 0 radical (unpaired) electrons. The number of hydrogen-bond donors (Lipinski definition) is 2.